The van der Waals surface area contributed by atoms with Gasteiger partial charge in [-0.05, 0) is 6.07 Å². The van der Waals surface area contributed by atoms with Gasteiger partial charge in [0.1, 0.15) is 5.82 Å². The van der Waals surface area contributed by atoms with Gasteiger partial charge in [-0.3, -0.25) is 0 Å². The summed E-state index contributed by atoms with van der Waals surface area (Å²) in [6.45, 7) is 3.02. The molecule has 0 fully saturated rings. The quantitative estimate of drug-likeness (QED) is 0.776. The molecule has 0 radical (unpaired) electrons. The van der Waals surface area contributed by atoms with Crippen LogP contribution >= 0.6 is 15.9 Å². The lowest BCUT2D eigenvalue weighted by Gasteiger charge is -2.19. The number of aromatic nitrogens is 1. The van der Waals surface area contributed by atoms with Crippen molar-refractivity contribution >= 4 is 21.7 Å². The monoisotopic (exact) mass is 258 g/mol. The fraction of sp³-hybridized carbons (Fsp3) is 0.500. The second kappa shape index (κ2) is 5.20. The number of methoxy groups -OCH3 is 1. The minimum Gasteiger partial charge on any atom is -0.481 e. The lowest BCUT2D eigenvalue weighted by Crippen LogP contribution is -2.24. The fourth-order valence-electron chi connectivity index (χ4n) is 1.20. The van der Waals surface area contributed by atoms with Crippen LogP contribution in [0.15, 0.2) is 18.2 Å². The van der Waals surface area contributed by atoms with Crippen molar-refractivity contribution < 1.29 is 4.74 Å². The number of hydrogen-bond acceptors (Lipinski definition) is 3. The smallest absolute Gasteiger partial charge is 0.214 e. The topological polar surface area (TPSA) is 25.4 Å². The maximum Gasteiger partial charge on any atom is 0.214 e. The van der Waals surface area contributed by atoms with Crippen molar-refractivity contribution in [3.05, 3.63) is 18.2 Å². The standard InChI is InChI=1S/C10H15BrN2O/c1-8(11)7-13(2)9-5-4-6-10(12-9)14-3/h4-6,8H,7H2,1-3H3. The maximum absolute atomic E-state index is 5.06. The Balaban J connectivity index is 2.73. The van der Waals surface area contributed by atoms with Gasteiger partial charge in [-0.2, -0.15) is 4.98 Å². The Kier molecular flexibility index (Phi) is 4.20. The van der Waals surface area contributed by atoms with Crippen molar-refractivity contribution in [3.8, 4) is 5.88 Å². The van der Waals surface area contributed by atoms with Crippen LogP contribution in [-0.2, 0) is 0 Å². The molecule has 0 N–H and O–H groups in total. The maximum atomic E-state index is 5.06. The third kappa shape index (κ3) is 3.18. The molecule has 0 saturated heterocycles. The number of anilines is 1. The molecule has 78 valence electrons. The van der Waals surface area contributed by atoms with Gasteiger partial charge in [-0.1, -0.05) is 28.9 Å². The second-order valence-corrected chi connectivity index (χ2v) is 4.76. The predicted molar refractivity (Wildman–Crippen MR) is 62.4 cm³/mol. The minimum absolute atomic E-state index is 0.445. The molecule has 1 unspecified atom stereocenters. The van der Waals surface area contributed by atoms with Crippen LogP contribution in [0.5, 0.6) is 5.88 Å². The predicted octanol–water partition coefficient (Wildman–Crippen LogP) is 2.31. The first-order valence-electron chi connectivity index (χ1n) is 4.49. The zero-order valence-corrected chi connectivity index (χ0v) is 10.3. The highest BCUT2D eigenvalue weighted by Gasteiger charge is 2.05. The molecule has 4 heteroatoms. The van der Waals surface area contributed by atoms with Crippen LogP contribution in [0.2, 0.25) is 0 Å². The molecule has 0 bridgehead atoms. The Morgan fingerprint density at radius 3 is 2.86 bits per heavy atom. The molecule has 1 rings (SSSR count). The zero-order chi connectivity index (χ0) is 10.6. The summed E-state index contributed by atoms with van der Waals surface area (Å²) in [4.78, 5) is 6.86. The first kappa shape index (κ1) is 11.3. The Morgan fingerprint density at radius 1 is 1.57 bits per heavy atom. The van der Waals surface area contributed by atoms with Gasteiger partial charge in [0, 0.05) is 24.5 Å². The van der Waals surface area contributed by atoms with Crippen LogP contribution in [0.4, 0.5) is 5.82 Å². The van der Waals surface area contributed by atoms with Crippen molar-refractivity contribution in [2.24, 2.45) is 0 Å². The van der Waals surface area contributed by atoms with Gasteiger partial charge in [-0.25, -0.2) is 0 Å². The number of alkyl halides is 1. The van der Waals surface area contributed by atoms with Crippen LogP contribution in [0, 0.1) is 0 Å². The van der Waals surface area contributed by atoms with E-state index < -0.39 is 0 Å². The molecular weight excluding hydrogens is 244 g/mol. The SMILES string of the molecule is COc1cccc(N(C)CC(C)Br)n1. The minimum atomic E-state index is 0.445. The van der Waals surface area contributed by atoms with Crippen LogP contribution < -0.4 is 9.64 Å². The molecule has 14 heavy (non-hydrogen) atoms. The average Bonchev–Trinajstić information content (AvgIpc) is 2.17. The molecule has 0 aliphatic heterocycles. The van der Waals surface area contributed by atoms with E-state index in [2.05, 4.69) is 32.7 Å². The molecule has 1 aromatic heterocycles. The third-order valence-corrected chi connectivity index (χ3v) is 2.12. The Bertz CT molecular complexity index is 291. The molecule has 0 aliphatic carbocycles. The summed E-state index contributed by atoms with van der Waals surface area (Å²) >= 11 is 3.51. The van der Waals surface area contributed by atoms with Crippen molar-refractivity contribution in [2.75, 3.05) is 25.6 Å². The van der Waals surface area contributed by atoms with Crippen molar-refractivity contribution in [2.45, 2.75) is 11.8 Å². The normalized spacial score (nSPS) is 12.3. The molecule has 3 nitrogen and oxygen atoms in total. The number of rotatable bonds is 4. The van der Waals surface area contributed by atoms with E-state index in [9.17, 15) is 0 Å². The van der Waals surface area contributed by atoms with Gasteiger partial charge < -0.3 is 9.64 Å². The van der Waals surface area contributed by atoms with Gasteiger partial charge in [0.2, 0.25) is 5.88 Å². The summed E-state index contributed by atoms with van der Waals surface area (Å²) in [6.07, 6.45) is 0. The van der Waals surface area contributed by atoms with E-state index in [1.807, 2.05) is 25.2 Å². The Hall–Kier alpha value is -0.770. The highest BCUT2D eigenvalue weighted by atomic mass is 79.9. The highest BCUT2D eigenvalue weighted by Crippen LogP contribution is 2.15. The van der Waals surface area contributed by atoms with Gasteiger partial charge in [-0.15, -0.1) is 0 Å². The Morgan fingerprint density at radius 2 is 2.29 bits per heavy atom. The summed E-state index contributed by atoms with van der Waals surface area (Å²) in [7, 11) is 3.64. The highest BCUT2D eigenvalue weighted by molar-refractivity contribution is 9.09. The second-order valence-electron chi connectivity index (χ2n) is 3.20. The molecule has 1 aromatic rings. The summed E-state index contributed by atoms with van der Waals surface area (Å²) in [6, 6.07) is 5.75. The fourth-order valence-corrected chi connectivity index (χ4v) is 1.64. The number of hydrogen-bond donors (Lipinski definition) is 0. The van der Waals surface area contributed by atoms with Crippen LogP contribution in [0.25, 0.3) is 0 Å². The molecule has 0 spiro atoms. The van der Waals surface area contributed by atoms with E-state index in [4.69, 9.17) is 4.74 Å². The van der Waals surface area contributed by atoms with E-state index in [1.165, 1.54) is 0 Å². The van der Waals surface area contributed by atoms with E-state index in [0.29, 0.717) is 10.7 Å². The van der Waals surface area contributed by atoms with E-state index in [1.54, 1.807) is 7.11 Å². The van der Waals surface area contributed by atoms with Gasteiger partial charge >= 0.3 is 0 Å². The Labute approximate surface area is 93.2 Å². The van der Waals surface area contributed by atoms with Crippen molar-refractivity contribution in [3.63, 3.8) is 0 Å². The molecule has 0 aliphatic rings. The zero-order valence-electron chi connectivity index (χ0n) is 8.70. The summed E-state index contributed by atoms with van der Waals surface area (Å²) in [5.74, 6) is 1.58. The van der Waals surface area contributed by atoms with E-state index in [0.717, 1.165) is 12.4 Å². The number of nitrogens with zero attached hydrogens (tertiary/aromatic N) is 2. The summed E-state index contributed by atoms with van der Waals surface area (Å²) < 4.78 is 5.06. The lowest BCUT2D eigenvalue weighted by atomic mass is 10.4. The molecule has 1 heterocycles. The molecule has 1 atom stereocenters. The molecule has 0 saturated carbocycles. The van der Waals surface area contributed by atoms with Crippen molar-refractivity contribution in [1.29, 1.82) is 0 Å². The number of pyridine rings is 1. The third-order valence-electron chi connectivity index (χ3n) is 1.83. The average molecular weight is 259 g/mol. The van der Waals surface area contributed by atoms with Gasteiger partial charge in [0.25, 0.3) is 0 Å². The largest absolute Gasteiger partial charge is 0.481 e. The van der Waals surface area contributed by atoms with E-state index >= 15 is 0 Å². The first-order chi connectivity index (χ1) is 6.63. The summed E-state index contributed by atoms with van der Waals surface area (Å²) in [5, 5.41) is 0. The van der Waals surface area contributed by atoms with Gasteiger partial charge in [0.15, 0.2) is 0 Å². The number of halogens is 1. The van der Waals surface area contributed by atoms with E-state index in [-0.39, 0.29) is 0 Å². The summed E-state index contributed by atoms with van der Waals surface area (Å²) in [5.41, 5.74) is 0. The number of ether oxygens (including phenoxy) is 1. The van der Waals surface area contributed by atoms with Crippen LogP contribution in [0.1, 0.15) is 6.92 Å². The lowest BCUT2D eigenvalue weighted by molar-refractivity contribution is 0.398. The first-order valence-corrected chi connectivity index (χ1v) is 5.41. The van der Waals surface area contributed by atoms with Crippen LogP contribution in [-0.4, -0.2) is 30.5 Å². The van der Waals surface area contributed by atoms with Crippen molar-refractivity contribution in [1.82, 2.24) is 4.98 Å². The molecule has 0 aromatic carbocycles. The molecule has 0 amide bonds. The van der Waals surface area contributed by atoms with Gasteiger partial charge in [0.05, 0.1) is 7.11 Å². The van der Waals surface area contributed by atoms with Crippen LogP contribution in [0.3, 0.4) is 0 Å². The molecular formula is C10H15BrN2O.